The number of nitrogens with one attached hydrogen (secondary N) is 2. The third kappa shape index (κ3) is 4.55. The predicted molar refractivity (Wildman–Crippen MR) is 115 cm³/mol. The van der Waals surface area contributed by atoms with Gasteiger partial charge in [0.25, 0.3) is 5.91 Å². The summed E-state index contributed by atoms with van der Waals surface area (Å²) in [6.07, 6.45) is 0.0725. The molecule has 2 N–H and O–H groups in total. The summed E-state index contributed by atoms with van der Waals surface area (Å²) in [6, 6.07) is 15.5. The van der Waals surface area contributed by atoms with E-state index in [9.17, 15) is 9.59 Å². The maximum atomic E-state index is 12.3. The number of esters is 1. The first kappa shape index (κ1) is 19.8. The second kappa shape index (κ2) is 8.87. The van der Waals surface area contributed by atoms with Crippen molar-refractivity contribution in [2.45, 2.75) is 20.0 Å². The Kier molecular flexibility index (Phi) is 5.85. The summed E-state index contributed by atoms with van der Waals surface area (Å²) in [4.78, 5) is 28.8. The third-order valence-electron chi connectivity index (χ3n) is 4.53. The summed E-state index contributed by atoms with van der Waals surface area (Å²) in [5, 5.41) is 13.1. The molecule has 1 amide bonds. The number of aryl methyl sites for hydroxylation is 1. The van der Waals surface area contributed by atoms with Gasteiger partial charge in [0.15, 0.2) is 5.69 Å². The lowest BCUT2D eigenvalue weighted by molar-refractivity contribution is -0.144. The van der Waals surface area contributed by atoms with Crippen LogP contribution >= 0.6 is 11.3 Å². The molecule has 0 saturated heterocycles. The van der Waals surface area contributed by atoms with Gasteiger partial charge in [0.2, 0.25) is 0 Å². The highest BCUT2D eigenvalue weighted by Gasteiger charge is 2.14. The number of fused-ring (bicyclic) bond motifs is 1. The summed E-state index contributed by atoms with van der Waals surface area (Å²) in [6.45, 7) is 2.32. The number of carbonyl (C=O) groups excluding carboxylic acids is 2. The van der Waals surface area contributed by atoms with Crippen molar-refractivity contribution < 1.29 is 14.3 Å². The molecule has 2 aromatic carbocycles. The number of nitrogens with zero attached hydrogens (tertiary/aromatic N) is 2. The second-order valence-corrected chi connectivity index (χ2v) is 7.65. The minimum absolute atomic E-state index is 0.0725. The van der Waals surface area contributed by atoms with Crippen LogP contribution in [0, 0.1) is 6.92 Å². The Hall–Kier alpha value is -3.52. The van der Waals surface area contributed by atoms with E-state index in [1.807, 2.05) is 60.8 Å². The van der Waals surface area contributed by atoms with E-state index in [4.69, 9.17) is 4.74 Å². The van der Waals surface area contributed by atoms with Crippen molar-refractivity contribution in [1.82, 2.24) is 20.5 Å². The Morgan fingerprint density at radius 1 is 1.13 bits per heavy atom. The highest BCUT2D eigenvalue weighted by atomic mass is 32.1. The zero-order chi connectivity index (χ0) is 20.9. The van der Waals surface area contributed by atoms with Gasteiger partial charge < -0.3 is 10.1 Å². The van der Waals surface area contributed by atoms with Crippen LogP contribution in [0.25, 0.3) is 21.5 Å². The number of para-hydroxylation sites is 1. The molecule has 4 aromatic rings. The molecule has 0 unspecified atom stereocenters. The van der Waals surface area contributed by atoms with Crippen molar-refractivity contribution in [3.05, 3.63) is 70.9 Å². The van der Waals surface area contributed by atoms with Crippen LogP contribution in [0.3, 0.4) is 0 Å². The van der Waals surface area contributed by atoms with Crippen LogP contribution in [0.4, 0.5) is 0 Å². The maximum Gasteiger partial charge on any atom is 0.307 e. The van der Waals surface area contributed by atoms with Crippen LogP contribution in [-0.2, 0) is 16.1 Å². The first-order valence-electron chi connectivity index (χ1n) is 9.48. The molecule has 0 fully saturated rings. The Labute approximate surface area is 177 Å². The van der Waals surface area contributed by atoms with E-state index in [0.717, 1.165) is 21.5 Å². The highest BCUT2D eigenvalue weighted by Crippen LogP contribution is 2.24. The molecule has 2 heterocycles. The van der Waals surface area contributed by atoms with Crippen LogP contribution in [-0.4, -0.2) is 33.6 Å². The Morgan fingerprint density at radius 2 is 1.93 bits per heavy atom. The first-order valence-corrected chi connectivity index (χ1v) is 10.4. The number of hydrogen-bond donors (Lipinski definition) is 2. The lowest BCUT2D eigenvalue weighted by Gasteiger charge is -2.04. The van der Waals surface area contributed by atoms with Crippen molar-refractivity contribution in [3.8, 4) is 10.6 Å². The lowest BCUT2D eigenvalue weighted by Crippen LogP contribution is -2.27. The third-order valence-corrected chi connectivity index (χ3v) is 5.47. The molecule has 152 valence electrons. The highest BCUT2D eigenvalue weighted by molar-refractivity contribution is 7.13. The number of aromatic nitrogens is 3. The van der Waals surface area contributed by atoms with Crippen molar-refractivity contribution in [2.75, 3.05) is 6.54 Å². The molecule has 8 heteroatoms. The van der Waals surface area contributed by atoms with Gasteiger partial charge in [-0.25, -0.2) is 4.98 Å². The van der Waals surface area contributed by atoms with Crippen LogP contribution in [0.15, 0.2) is 53.9 Å². The number of carbonyl (C=O) groups is 2. The van der Waals surface area contributed by atoms with Gasteiger partial charge in [-0.3, -0.25) is 14.7 Å². The minimum atomic E-state index is -0.396. The van der Waals surface area contributed by atoms with Gasteiger partial charge >= 0.3 is 5.97 Å². The maximum absolute atomic E-state index is 12.3. The van der Waals surface area contributed by atoms with E-state index in [-0.39, 0.29) is 25.5 Å². The molecule has 2 aromatic heterocycles. The molecule has 0 atom stereocenters. The standard InChI is InChI=1S/C22H20N4O3S/c1-14-6-8-15(9-7-14)22-24-16(13-30-22)12-29-19(27)10-11-23-21(28)20-17-4-2-3-5-18(17)25-26-20/h2-9,13H,10-12H2,1H3,(H,23,28)(H,25,26). The van der Waals surface area contributed by atoms with Gasteiger partial charge in [-0.05, 0) is 13.0 Å². The molecule has 30 heavy (non-hydrogen) atoms. The Bertz CT molecular complexity index is 1180. The first-order chi connectivity index (χ1) is 14.6. The number of H-pyrrole nitrogens is 1. The van der Waals surface area contributed by atoms with E-state index in [1.165, 1.54) is 16.9 Å². The second-order valence-electron chi connectivity index (χ2n) is 6.79. The quantitative estimate of drug-likeness (QED) is 0.443. The molecule has 0 aliphatic heterocycles. The summed E-state index contributed by atoms with van der Waals surface area (Å²) in [7, 11) is 0. The number of thiazole rings is 1. The van der Waals surface area contributed by atoms with Crippen LogP contribution in [0.2, 0.25) is 0 Å². The summed E-state index contributed by atoms with van der Waals surface area (Å²) >= 11 is 1.51. The van der Waals surface area contributed by atoms with Crippen molar-refractivity contribution in [1.29, 1.82) is 0 Å². The van der Waals surface area contributed by atoms with Crippen LogP contribution in [0.1, 0.15) is 28.2 Å². The number of ether oxygens (including phenoxy) is 1. The lowest BCUT2D eigenvalue weighted by atomic mass is 10.2. The molecule has 0 radical (unpaired) electrons. The molecule has 0 spiro atoms. The van der Waals surface area contributed by atoms with Gasteiger partial charge in [-0.15, -0.1) is 11.3 Å². The zero-order valence-electron chi connectivity index (χ0n) is 16.3. The Morgan fingerprint density at radius 3 is 2.77 bits per heavy atom. The van der Waals surface area contributed by atoms with Crippen LogP contribution < -0.4 is 5.32 Å². The van der Waals surface area contributed by atoms with Crippen molar-refractivity contribution in [3.63, 3.8) is 0 Å². The number of hydrogen-bond acceptors (Lipinski definition) is 6. The predicted octanol–water partition coefficient (Wildman–Crippen LogP) is 3.86. The SMILES string of the molecule is Cc1ccc(-c2nc(COC(=O)CCNC(=O)c3n[nH]c4ccccc34)cs2)cc1. The monoisotopic (exact) mass is 420 g/mol. The van der Waals surface area contributed by atoms with Gasteiger partial charge in [-0.2, -0.15) is 5.10 Å². The van der Waals surface area contributed by atoms with E-state index in [2.05, 4.69) is 20.5 Å². The van der Waals surface area contributed by atoms with E-state index in [1.54, 1.807) is 0 Å². The molecule has 7 nitrogen and oxygen atoms in total. The van der Waals surface area contributed by atoms with E-state index < -0.39 is 5.97 Å². The normalized spacial score (nSPS) is 10.8. The summed E-state index contributed by atoms with van der Waals surface area (Å²) < 4.78 is 5.27. The van der Waals surface area contributed by atoms with Gasteiger partial charge in [-0.1, -0.05) is 48.0 Å². The Balaban J connectivity index is 1.23. The number of benzene rings is 2. The zero-order valence-corrected chi connectivity index (χ0v) is 17.2. The molecule has 0 aliphatic carbocycles. The largest absolute Gasteiger partial charge is 0.459 e. The van der Waals surface area contributed by atoms with Gasteiger partial charge in [0, 0.05) is 22.9 Å². The van der Waals surface area contributed by atoms with Gasteiger partial charge in [0.05, 0.1) is 17.6 Å². The average molecular weight is 420 g/mol. The van der Waals surface area contributed by atoms with Crippen LogP contribution in [0.5, 0.6) is 0 Å². The van der Waals surface area contributed by atoms with E-state index in [0.29, 0.717) is 11.4 Å². The fraction of sp³-hybridized carbons (Fsp3) is 0.182. The van der Waals surface area contributed by atoms with Crippen molar-refractivity contribution in [2.24, 2.45) is 0 Å². The minimum Gasteiger partial charge on any atom is -0.459 e. The summed E-state index contributed by atoms with van der Waals surface area (Å²) in [5.41, 5.74) is 4.03. The summed E-state index contributed by atoms with van der Waals surface area (Å²) in [5.74, 6) is -0.727. The molecular formula is C22H20N4O3S. The average Bonchev–Trinajstić information content (AvgIpc) is 3.40. The number of aromatic amines is 1. The fourth-order valence-corrected chi connectivity index (χ4v) is 3.74. The van der Waals surface area contributed by atoms with E-state index >= 15 is 0 Å². The van der Waals surface area contributed by atoms with Gasteiger partial charge in [0.1, 0.15) is 11.6 Å². The number of rotatable bonds is 7. The number of amides is 1. The molecule has 0 aliphatic rings. The molecular weight excluding hydrogens is 400 g/mol. The topological polar surface area (TPSA) is 97.0 Å². The fourth-order valence-electron chi connectivity index (χ4n) is 2.93. The molecule has 0 bridgehead atoms. The molecule has 4 rings (SSSR count). The van der Waals surface area contributed by atoms with Crippen molar-refractivity contribution >= 4 is 34.1 Å². The molecule has 0 saturated carbocycles. The smallest absolute Gasteiger partial charge is 0.307 e.